The van der Waals surface area contributed by atoms with Crippen LogP contribution in [-0.2, 0) is 0 Å². The molecule has 2 aromatic heterocycles. The minimum Gasteiger partial charge on any atom is -0.478 e. The minimum absolute atomic E-state index is 0.0867. The number of nitrogens with one attached hydrogen (secondary N) is 2. The van der Waals surface area contributed by atoms with Crippen LogP contribution in [-0.4, -0.2) is 52.0 Å². The number of aromatic amines is 1. The Hall–Kier alpha value is -3.09. The molecule has 1 aliphatic heterocycles. The molecule has 1 aliphatic rings. The molecule has 4 rings (SSSR count). The number of piperidine rings is 1. The highest BCUT2D eigenvalue weighted by Crippen LogP contribution is 2.23. The topological polar surface area (TPSA) is 83.1 Å². The molecule has 0 unspecified atom stereocenters. The Morgan fingerprint density at radius 3 is 2.85 bits per heavy atom. The van der Waals surface area contributed by atoms with E-state index in [1.807, 2.05) is 35.4 Å². The smallest absolute Gasteiger partial charge is 0.257 e. The third kappa shape index (κ3) is 3.20. The number of likely N-dealkylation sites (tertiary alicyclic amines) is 1. The lowest BCUT2D eigenvalue weighted by Gasteiger charge is -2.32. The molecule has 1 saturated heterocycles. The molecule has 134 valence electrons. The second-order valence-electron chi connectivity index (χ2n) is 6.40. The number of carbonyl (C=O) groups is 1. The van der Waals surface area contributed by atoms with Crippen molar-refractivity contribution in [2.45, 2.75) is 18.9 Å². The van der Waals surface area contributed by atoms with Crippen molar-refractivity contribution in [3.05, 3.63) is 48.4 Å². The van der Waals surface area contributed by atoms with Crippen LogP contribution in [0.2, 0.25) is 0 Å². The largest absolute Gasteiger partial charge is 0.478 e. The van der Waals surface area contributed by atoms with Gasteiger partial charge in [-0.1, -0.05) is 0 Å². The maximum absolute atomic E-state index is 12.8. The summed E-state index contributed by atoms with van der Waals surface area (Å²) in [6, 6.07) is 8.02. The summed E-state index contributed by atoms with van der Waals surface area (Å²) < 4.78 is 5.23. The van der Waals surface area contributed by atoms with Gasteiger partial charge in [0.25, 0.3) is 11.8 Å². The van der Waals surface area contributed by atoms with E-state index in [2.05, 4.69) is 20.3 Å². The lowest BCUT2D eigenvalue weighted by atomic mass is 10.0. The van der Waals surface area contributed by atoms with Crippen LogP contribution in [0.5, 0.6) is 5.88 Å². The number of aromatic nitrogens is 3. The molecule has 2 N–H and O–H groups in total. The summed E-state index contributed by atoms with van der Waals surface area (Å²) in [5, 5.41) is 4.44. The highest BCUT2D eigenvalue weighted by atomic mass is 16.5. The summed E-state index contributed by atoms with van der Waals surface area (Å²) >= 11 is 0. The highest BCUT2D eigenvalue weighted by Gasteiger charge is 2.24. The Balaban J connectivity index is 1.39. The van der Waals surface area contributed by atoms with Gasteiger partial charge in [-0.2, -0.15) is 0 Å². The van der Waals surface area contributed by atoms with Gasteiger partial charge in [0.05, 0.1) is 7.11 Å². The van der Waals surface area contributed by atoms with Crippen molar-refractivity contribution >= 4 is 22.6 Å². The number of rotatable bonds is 4. The fraction of sp³-hybridized carbons (Fsp3) is 0.316. The van der Waals surface area contributed by atoms with E-state index in [0.717, 1.165) is 29.3 Å². The number of amides is 1. The number of methoxy groups -OCH3 is 1. The molecular weight excluding hydrogens is 330 g/mol. The standard InChI is InChI=1S/C19H21N5O2/c1-26-18-17(21-8-9-22-18)23-15-5-10-24(11-6-15)19(25)14-2-3-16-13(12-14)4-7-20-16/h2-4,7-9,12,15,20H,5-6,10-11H2,1H3,(H,21,23). The Morgan fingerprint density at radius 1 is 1.23 bits per heavy atom. The quantitative estimate of drug-likeness (QED) is 0.755. The number of hydrogen-bond donors (Lipinski definition) is 2. The van der Waals surface area contributed by atoms with Gasteiger partial charge in [0.15, 0.2) is 5.82 Å². The van der Waals surface area contributed by atoms with Crippen LogP contribution in [0.4, 0.5) is 5.82 Å². The van der Waals surface area contributed by atoms with Crippen molar-refractivity contribution in [2.75, 3.05) is 25.5 Å². The van der Waals surface area contributed by atoms with Crippen LogP contribution in [0.25, 0.3) is 10.9 Å². The number of benzene rings is 1. The molecule has 0 saturated carbocycles. The van der Waals surface area contributed by atoms with E-state index in [4.69, 9.17) is 4.74 Å². The van der Waals surface area contributed by atoms with E-state index in [-0.39, 0.29) is 11.9 Å². The lowest BCUT2D eigenvalue weighted by molar-refractivity contribution is 0.0718. The van der Waals surface area contributed by atoms with E-state index in [1.165, 1.54) is 0 Å². The summed E-state index contributed by atoms with van der Waals surface area (Å²) in [4.78, 5) is 26.3. The summed E-state index contributed by atoms with van der Waals surface area (Å²) in [7, 11) is 1.58. The monoisotopic (exact) mass is 351 g/mol. The molecule has 26 heavy (non-hydrogen) atoms. The zero-order valence-corrected chi connectivity index (χ0v) is 14.6. The molecule has 1 amide bonds. The summed E-state index contributed by atoms with van der Waals surface area (Å²) in [6.45, 7) is 1.43. The van der Waals surface area contributed by atoms with Crippen LogP contribution in [0.15, 0.2) is 42.9 Å². The molecule has 1 fully saturated rings. The Kier molecular flexibility index (Phi) is 4.43. The van der Waals surface area contributed by atoms with Gasteiger partial charge in [0.2, 0.25) is 0 Å². The van der Waals surface area contributed by atoms with Gasteiger partial charge in [0.1, 0.15) is 0 Å². The highest BCUT2D eigenvalue weighted by molar-refractivity contribution is 5.98. The number of ether oxygens (including phenoxy) is 1. The van der Waals surface area contributed by atoms with Crippen LogP contribution in [0.3, 0.4) is 0 Å². The average Bonchev–Trinajstić information content (AvgIpc) is 3.16. The van der Waals surface area contributed by atoms with Crippen LogP contribution in [0.1, 0.15) is 23.2 Å². The number of anilines is 1. The van der Waals surface area contributed by atoms with Crippen LogP contribution < -0.4 is 10.1 Å². The molecule has 7 heteroatoms. The molecule has 0 spiro atoms. The first-order valence-corrected chi connectivity index (χ1v) is 8.72. The van der Waals surface area contributed by atoms with Gasteiger partial charge >= 0.3 is 0 Å². The predicted molar refractivity (Wildman–Crippen MR) is 99.4 cm³/mol. The molecule has 3 heterocycles. The molecule has 1 aromatic carbocycles. The van der Waals surface area contributed by atoms with Crippen molar-refractivity contribution in [2.24, 2.45) is 0 Å². The average molecular weight is 351 g/mol. The molecular formula is C19H21N5O2. The molecule has 0 bridgehead atoms. The van der Waals surface area contributed by atoms with Gasteiger partial charge in [-0.3, -0.25) is 4.79 Å². The predicted octanol–water partition coefficient (Wildman–Crippen LogP) is 2.68. The van der Waals surface area contributed by atoms with Crippen molar-refractivity contribution in [1.82, 2.24) is 19.9 Å². The van der Waals surface area contributed by atoms with E-state index in [0.29, 0.717) is 24.8 Å². The summed E-state index contributed by atoms with van der Waals surface area (Å²) in [6.07, 6.45) is 6.85. The number of nitrogens with zero attached hydrogens (tertiary/aromatic N) is 3. The second-order valence-corrected chi connectivity index (χ2v) is 6.40. The zero-order chi connectivity index (χ0) is 17.9. The van der Waals surface area contributed by atoms with Crippen molar-refractivity contribution in [3.63, 3.8) is 0 Å². The van der Waals surface area contributed by atoms with Crippen LogP contribution in [0, 0.1) is 0 Å². The second kappa shape index (κ2) is 7.03. The first kappa shape index (κ1) is 16.4. The van der Waals surface area contributed by atoms with E-state index in [1.54, 1.807) is 19.5 Å². The number of hydrogen-bond acceptors (Lipinski definition) is 5. The summed E-state index contributed by atoms with van der Waals surface area (Å²) in [5.74, 6) is 1.23. The fourth-order valence-corrected chi connectivity index (χ4v) is 3.36. The van der Waals surface area contributed by atoms with Gasteiger partial charge in [0, 0.05) is 54.2 Å². The van der Waals surface area contributed by atoms with Gasteiger partial charge in [-0.25, -0.2) is 9.97 Å². The van der Waals surface area contributed by atoms with Crippen molar-refractivity contribution < 1.29 is 9.53 Å². The lowest BCUT2D eigenvalue weighted by Crippen LogP contribution is -2.42. The van der Waals surface area contributed by atoms with E-state index < -0.39 is 0 Å². The molecule has 7 nitrogen and oxygen atoms in total. The first-order valence-electron chi connectivity index (χ1n) is 8.72. The van der Waals surface area contributed by atoms with E-state index in [9.17, 15) is 4.79 Å². The van der Waals surface area contributed by atoms with Crippen molar-refractivity contribution in [3.8, 4) is 5.88 Å². The fourth-order valence-electron chi connectivity index (χ4n) is 3.36. The number of carbonyl (C=O) groups excluding carboxylic acids is 1. The normalized spacial score (nSPS) is 15.2. The molecule has 0 radical (unpaired) electrons. The molecule has 3 aromatic rings. The minimum atomic E-state index is 0.0867. The van der Waals surface area contributed by atoms with E-state index >= 15 is 0 Å². The Bertz CT molecular complexity index is 915. The Morgan fingerprint density at radius 2 is 2.04 bits per heavy atom. The van der Waals surface area contributed by atoms with Gasteiger partial charge < -0.3 is 19.9 Å². The van der Waals surface area contributed by atoms with Crippen molar-refractivity contribution in [1.29, 1.82) is 0 Å². The summed E-state index contributed by atoms with van der Waals surface area (Å²) in [5.41, 5.74) is 1.78. The zero-order valence-electron chi connectivity index (χ0n) is 14.6. The third-order valence-electron chi connectivity index (χ3n) is 4.78. The third-order valence-corrected chi connectivity index (χ3v) is 4.78. The van der Waals surface area contributed by atoms with Gasteiger partial charge in [-0.15, -0.1) is 0 Å². The Labute approximate surface area is 151 Å². The number of H-pyrrole nitrogens is 1. The maximum Gasteiger partial charge on any atom is 0.257 e. The maximum atomic E-state index is 12.8. The number of fused-ring (bicyclic) bond motifs is 1. The van der Waals surface area contributed by atoms with Gasteiger partial charge in [-0.05, 0) is 37.1 Å². The molecule has 0 atom stereocenters. The molecule has 0 aliphatic carbocycles. The first-order chi connectivity index (χ1) is 12.7. The van der Waals surface area contributed by atoms with Crippen LogP contribution >= 0.6 is 0 Å². The SMILES string of the molecule is COc1nccnc1NC1CCN(C(=O)c2ccc3[nH]ccc3c2)CC1.